The van der Waals surface area contributed by atoms with Crippen LogP contribution in [0.3, 0.4) is 0 Å². The van der Waals surface area contributed by atoms with Crippen molar-refractivity contribution in [2.45, 2.75) is 57.6 Å². The maximum atomic E-state index is 12.0. The predicted molar refractivity (Wildman–Crippen MR) is 77.9 cm³/mol. The van der Waals surface area contributed by atoms with Gasteiger partial charge in [-0.1, -0.05) is 26.7 Å². The summed E-state index contributed by atoms with van der Waals surface area (Å²) in [6.45, 7) is 6.26. The number of amides is 1. The average Bonchev–Trinajstić information content (AvgIpc) is 2.74. The zero-order chi connectivity index (χ0) is 15.4. The Kier molecular flexibility index (Phi) is 5.55. The summed E-state index contributed by atoms with van der Waals surface area (Å²) in [7, 11) is 1.83. The van der Waals surface area contributed by atoms with Crippen LogP contribution in [-0.2, 0) is 4.79 Å². The predicted octanol–water partition coefficient (Wildman–Crippen LogP) is 1.28. The zero-order valence-corrected chi connectivity index (χ0v) is 13.1. The van der Waals surface area contributed by atoms with E-state index >= 15 is 0 Å². The van der Waals surface area contributed by atoms with E-state index in [9.17, 15) is 15.2 Å². The summed E-state index contributed by atoms with van der Waals surface area (Å²) < 4.78 is 0. The van der Waals surface area contributed by atoms with Crippen LogP contribution in [0.1, 0.15) is 46.5 Å². The van der Waals surface area contributed by atoms with E-state index in [1.165, 1.54) is 0 Å². The number of carbonyl (C=O) groups is 1. The molecule has 0 aromatic heterocycles. The molecule has 1 aliphatic rings. The van der Waals surface area contributed by atoms with Crippen molar-refractivity contribution in [3.8, 4) is 6.07 Å². The Balaban J connectivity index is 2.48. The van der Waals surface area contributed by atoms with Crippen LogP contribution in [0.25, 0.3) is 0 Å². The van der Waals surface area contributed by atoms with Gasteiger partial charge in [0.25, 0.3) is 0 Å². The van der Waals surface area contributed by atoms with E-state index in [1.54, 1.807) is 6.92 Å². The first-order valence-corrected chi connectivity index (χ1v) is 7.34. The minimum absolute atomic E-state index is 0.0424. The van der Waals surface area contributed by atoms with Gasteiger partial charge in [0.15, 0.2) is 0 Å². The van der Waals surface area contributed by atoms with E-state index in [2.05, 4.69) is 11.4 Å². The molecule has 1 atom stereocenters. The van der Waals surface area contributed by atoms with Gasteiger partial charge in [0.1, 0.15) is 5.54 Å². The second-order valence-electron chi connectivity index (χ2n) is 6.62. The molecule has 0 aliphatic heterocycles. The lowest BCUT2D eigenvalue weighted by Crippen LogP contribution is -2.52. The van der Waals surface area contributed by atoms with Crippen molar-refractivity contribution in [3.05, 3.63) is 0 Å². The summed E-state index contributed by atoms with van der Waals surface area (Å²) in [5.74, 6) is -0.132. The van der Waals surface area contributed by atoms with Gasteiger partial charge in [-0.25, -0.2) is 0 Å². The maximum Gasteiger partial charge on any atom is 0.235 e. The number of hydrogen-bond donors (Lipinski definition) is 2. The van der Waals surface area contributed by atoms with Crippen LogP contribution < -0.4 is 5.32 Å². The van der Waals surface area contributed by atoms with Gasteiger partial charge in [-0.05, 0) is 32.7 Å². The van der Waals surface area contributed by atoms with Gasteiger partial charge in [-0.3, -0.25) is 9.69 Å². The van der Waals surface area contributed by atoms with E-state index in [-0.39, 0.29) is 18.4 Å². The number of aliphatic hydroxyl groups is 1. The first-order chi connectivity index (χ1) is 9.21. The molecule has 0 aromatic rings. The fourth-order valence-corrected chi connectivity index (χ4v) is 2.63. The number of hydrogen-bond acceptors (Lipinski definition) is 4. The van der Waals surface area contributed by atoms with Crippen LogP contribution >= 0.6 is 0 Å². The van der Waals surface area contributed by atoms with Gasteiger partial charge in [-0.2, -0.15) is 5.26 Å². The molecule has 114 valence electrons. The topological polar surface area (TPSA) is 76.4 Å². The first kappa shape index (κ1) is 16.9. The lowest BCUT2D eigenvalue weighted by Gasteiger charge is -2.31. The molecular weight excluding hydrogens is 254 g/mol. The molecule has 0 spiro atoms. The Hall–Kier alpha value is -1.12. The minimum Gasteiger partial charge on any atom is -0.389 e. The minimum atomic E-state index is -0.845. The highest BCUT2D eigenvalue weighted by Gasteiger charge is 2.34. The smallest absolute Gasteiger partial charge is 0.235 e. The summed E-state index contributed by atoms with van der Waals surface area (Å²) >= 11 is 0. The second kappa shape index (κ2) is 6.55. The molecule has 1 unspecified atom stereocenters. The number of nitrogens with one attached hydrogen (secondary N) is 1. The van der Waals surface area contributed by atoms with Crippen molar-refractivity contribution in [3.63, 3.8) is 0 Å². The van der Waals surface area contributed by atoms with Crippen molar-refractivity contribution in [2.75, 3.05) is 20.1 Å². The molecule has 0 radical (unpaired) electrons. The third-order valence-electron chi connectivity index (χ3n) is 4.30. The summed E-state index contributed by atoms with van der Waals surface area (Å²) in [5.41, 5.74) is -1.49. The van der Waals surface area contributed by atoms with E-state index in [0.717, 1.165) is 25.7 Å². The summed E-state index contributed by atoms with van der Waals surface area (Å²) in [6.07, 6.45) is 3.72. The van der Waals surface area contributed by atoms with Crippen LogP contribution in [0.5, 0.6) is 0 Å². The van der Waals surface area contributed by atoms with Crippen molar-refractivity contribution in [1.29, 1.82) is 5.26 Å². The molecule has 5 heteroatoms. The normalized spacial score (nSPS) is 20.7. The fraction of sp³-hybridized carbons (Fsp3) is 0.867. The molecule has 2 N–H and O–H groups in total. The van der Waals surface area contributed by atoms with Gasteiger partial charge in [-0.15, -0.1) is 0 Å². The lowest BCUT2D eigenvalue weighted by molar-refractivity contribution is -0.124. The van der Waals surface area contributed by atoms with Crippen molar-refractivity contribution in [1.82, 2.24) is 10.2 Å². The molecule has 1 fully saturated rings. The Morgan fingerprint density at radius 3 is 2.50 bits per heavy atom. The van der Waals surface area contributed by atoms with E-state index < -0.39 is 11.1 Å². The van der Waals surface area contributed by atoms with Gasteiger partial charge in [0, 0.05) is 6.54 Å². The van der Waals surface area contributed by atoms with Crippen molar-refractivity contribution >= 4 is 5.91 Å². The molecular formula is C15H27N3O2. The second-order valence-corrected chi connectivity index (χ2v) is 6.62. The standard InChI is InChI=1S/C15H27N3O2/c1-12(2)14(3,10-16)17-13(19)9-18(4)11-15(20)7-5-6-8-15/h12,20H,5-9,11H2,1-4H3,(H,17,19). The number of carbonyl (C=O) groups excluding carboxylic acids is 1. The maximum absolute atomic E-state index is 12.0. The molecule has 1 saturated carbocycles. The highest BCUT2D eigenvalue weighted by Crippen LogP contribution is 2.29. The number of likely N-dealkylation sites (N-methyl/N-ethyl adjacent to an activating group) is 1. The molecule has 0 aromatic carbocycles. The van der Waals surface area contributed by atoms with Gasteiger partial charge >= 0.3 is 0 Å². The van der Waals surface area contributed by atoms with Crippen LogP contribution in [0.4, 0.5) is 0 Å². The van der Waals surface area contributed by atoms with Crippen molar-refractivity contribution in [2.24, 2.45) is 5.92 Å². The van der Waals surface area contributed by atoms with Crippen LogP contribution in [0.2, 0.25) is 0 Å². The molecule has 20 heavy (non-hydrogen) atoms. The fourth-order valence-electron chi connectivity index (χ4n) is 2.63. The largest absolute Gasteiger partial charge is 0.389 e. The number of rotatable bonds is 6. The zero-order valence-electron chi connectivity index (χ0n) is 13.1. The third-order valence-corrected chi connectivity index (χ3v) is 4.30. The Labute approximate surface area is 122 Å². The van der Waals surface area contributed by atoms with Gasteiger partial charge in [0.05, 0.1) is 18.2 Å². The van der Waals surface area contributed by atoms with Gasteiger partial charge < -0.3 is 10.4 Å². The van der Waals surface area contributed by atoms with E-state index in [4.69, 9.17) is 0 Å². The van der Waals surface area contributed by atoms with Crippen LogP contribution in [0, 0.1) is 17.2 Å². The summed E-state index contributed by atoms with van der Waals surface area (Å²) in [4.78, 5) is 13.9. The SMILES string of the molecule is CC(C)C(C)(C#N)NC(=O)CN(C)CC1(O)CCCC1. The molecule has 1 amide bonds. The summed E-state index contributed by atoms with van der Waals surface area (Å²) in [6, 6.07) is 2.16. The molecule has 5 nitrogen and oxygen atoms in total. The quantitative estimate of drug-likeness (QED) is 0.769. The summed E-state index contributed by atoms with van der Waals surface area (Å²) in [5, 5.41) is 22.3. The third kappa shape index (κ3) is 4.46. The molecule has 0 heterocycles. The number of nitrogens with zero attached hydrogens (tertiary/aromatic N) is 2. The van der Waals surface area contributed by atoms with E-state index in [0.29, 0.717) is 6.54 Å². The molecule has 0 bridgehead atoms. The molecule has 1 aliphatic carbocycles. The van der Waals surface area contributed by atoms with E-state index in [1.807, 2.05) is 25.8 Å². The average molecular weight is 281 g/mol. The lowest BCUT2D eigenvalue weighted by atomic mass is 9.90. The molecule has 1 rings (SSSR count). The highest BCUT2D eigenvalue weighted by atomic mass is 16.3. The Morgan fingerprint density at radius 1 is 1.50 bits per heavy atom. The Bertz CT molecular complexity index is 383. The van der Waals surface area contributed by atoms with Crippen LogP contribution in [-0.4, -0.2) is 47.2 Å². The van der Waals surface area contributed by atoms with Crippen molar-refractivity contribution < 1.29 is 9.90 Å². The monoisotopic (exact) mass is 281 g/mol. The number of nitriles is 1. The van der Waals surface area contributed by atoms with Gasteiger partial charge in [0.2, 0.25) is 5.91 Å². The highest BCUT2D eigenvalue weighted by molar-refractivity contribution is 5.79. The molecule has 0 saturated heterocycles. The Morgan fingerprint density at radius 2 is 2.05 bits per heavy atom. The van der Waals surface area contributed by atoms with Crippen LogP contribution in [0.15, 0.2) is 0 Å². The first-order valence-electron chi connectivity index (χ1n) is 7.34.